The fraction of sp³-hybridized carbons (Fsp3) is 0. The number of nitro benzene ring substituents is 1. The van der Waals surface area contributed by atoms with Crippen LogP contribution >= 0.6 is 0 Å². The normalized spacial score (nSPS) is 10.5. The molecule has 2 aromatic carbocycles. The summed E-state index contributed by atoms with van der Waals surface area (Å²) in [7, 11) is 0. The van der Waals surface area contributed by atoms with Crippen molar-refractivity contribution in [3.63, 3.8) is 0 Å². The van der Waals surface area contributed by atoms with Crippen LogP contribution in [0.4, 0.5) is 17.1 Å². The van der Waals surface area contributed by atoms with E-state index in [1.54, 1.807) is 18.2 Å². The summed E-state index contributed by atoms with van der Waals surface area (Å²) < 4.78 is 0. The van der Waals surface area contributed by atoms with Gasteiger partial charge in [-0.1, -0.05) is 24.3 Å². The van der Waals surface area contributed by atoms with Crippen molar-refractivity contribution in [2.24, 2.45) is 0 Å². The van der Waals surface area contributed by atoms with Gasteiger partial charge < -0.3 is 16.4 Å². The average molecular weight is 351 g/mol. The third-order valence-corrected chi connectivity index (χ3v) is 3.27. The molecule has 0 saturated carbocycles. The van der Waals surface area contributed by atoms with Crippen molar-refractivity contribution in [2.45, 2.75) is 0 Å². The van der Waals surface area contributed by atoms with Gasteiger partial charge in [0.05, 0.1) is 10.5 Å². The molecule has 9 heteroatoms. The second-order valence-corrected chi connectivity index (χ2v) is 4.96. The molecule has 0 spiro atoms. The van der Waals surface area contributed by atoms with Crippen LogP contribution in [0, 0.1) is 21.4 Å². The Kier molecular flexibility index (Phi) is 5.63. The maximum Gasteiger partial charge on any atom is 0.292 e. The Balaban J connectivity index is 2.16. The van der Waals surface area contributed by atoms with Gasteiger partial charge in [0.25, 0.3) is 17.5 Å². The Morgan fingerprint density at radius 2 is 1.81 bits per heavy atom. The van der Waals surface area contributed by atoms with E-state index in [9.17, 15) is 19.7 Å². The largest absolute Gasteiger partial charge is 0.398 e. The molecule has 4 N–H and O–H groups in total. The second-order valence-electron chi connectivity index (χ2n) is 4.96. The molecule has 0 unspecified atom stereocenters. The summed E-state index contributed by atoms with van der Waals surface area (Å²) in [5, 5.41) is 24.6. The molecular weight excluding hydrogens is 338 g/mol. The number of nitrogens with one attached hydrogen (secondary N) is 2. The van der Waals surface area contributed by atoms with Gasteiger partial charge in [-0.15, -0.1) is 0 Å². The summed E-state index contributed by atoms with van der Waals surface area (Å²) in [6.07, 6.45) is 0.916. The van der Waals surface area contributed by atoms with E-state index in [-0.39, 0.29) is 22.6 Å². The highest BCUT2D eigenvalue weighted by molar-refractivity contribution is 6.08. The zero-order valence-electron chi connectivity index (χ0n) is 13.3. The number of nitriles is 1. The van der Waals surface area contributed by atoms with Crippen LogP contribution in [0.5, 0.6) is 0 Å². The number of nitrogens with two attached hydrogens (primary N) is 1. The minimum absolute atomic E-state index is 0.0673. The van der Waals surface area contributed by atoms with E-state index in [1.807, 2.05) is 0 Å². The van der Waals surface area contributed by atoms with Gasteiger partial charge >= 0.3 is 0 Å². The number of amides is 2. The van der Waals surface area contributed by atoms with Crippen LogP contribution in [0.15, 0.2) is 60.3 Å². The molecular formula is C17H13N5O4. The lowest BCUT2D eigenvalue weighted by molar-refractivity contribution is -0.383. The van der Waals surface area contributed by atoms with Crippen molar-refractivity contribution in [1.82, 2.24) is 5.32 Å². The number of nitrogens with zero attached hydrogens (tertiary/aromatic N) is 2. The van der Waals surface area contributed by atoms with E-state index in [4.69, 9.17) is 11.0 Å². The summed E-state index contributed by atoms with van der Waals surface area (Å²) in [5.74, 6) is -1.50. The minimum atomic E-state index is -0.900. The molecule has 2 amide bonds. The van der Waals surface area contributed by atoms with Crippen molar-refractivity contribution in [3.05, 3.63) is 76.0 Å². The van der Waals surface area contributed by atoms with E-state index >= 15 is 0 Å². The van der Waals surface area contributed by atoms with Crippen LogP contribution in [0.3, 0.4) is 0 Å². The highest BCUT2D eigenvalue weighted by Gasteiger charge is 2.17. The molecule has 0 aliphatic carbocycles. The molecule has 0 bridgehead atoms. The van der Waals surface area contributed by atoms with Gasteiger partial charge in [-0.3, -0.25) is 19.7 Å². The lowest BCUT2D eigenvalue weighted by Crippen LogP contribution is -2.22. The molecule has 0 aromatic heterocycles. The maximum absolute atomic E-state index is 12.1. The van der Waals surface area contributed by atoms with Crippen LogP contribution in [0.25, 0.3) is 0 Å². The number of nitro groups is 1. The number of rotatable bonds is 5. The van der Waals surface area contributed by atoms with E-state index < -0.39 is 22.3 Å². The van der Waals surface area contributed by atoms with Crippen LogP contribution in [-0.2, 0) is 4.79 Å². The fourth-order valence-electron chi connectivity index (χ4n) is 2.00. The predicted molar refractivity (Wildman–Crippen MR) is 93.7 cm³/mol. The summed E-state index contributed by atoms with van der Waals surface area (Å²) in [6, 6.07) is 13.4. The zero-order chi connectivity index (χ0) is 19.1. The Bertz CT molecular complexity index is 946. The third-order valence-electron chi connectivity index (χ3n) is 3.27. The first-order valence-corrected chi connectivity index (χ1v) is 7.24. The molecule has 2 aromatic rings. The van der Waals surface area contributed by atoms with Gasteiger partial charge in [-0.2, -0.15) is 5.26 Å². The number of hydrogen-bond acceptors (Lipinski definition) is 6. The zero-order valence-corrected chi connectivity index (χ0v) is 13.3. The Hall–Kier alpha value is -4.19. The summed E-state index contributed by atoms with van der Waals surface area (Å²) >= 11 is 0. The Labute approximate surface area is 147 Å². The van der Waals surface area contributed by atoms with Gasteiger partial charge in [-0.05, 0) is 18.2 Å². The van der Waals surface area contributed by atoms with Gasteiger partial charge in [-0.25, -0.2) is 0 Å². The number of benzene rings is 2. The second kappa shape index (κ2) is 8.07. The lowest BCUT2D eigenvalue weighted by atomic mass is 10.1. The molecule has 0 aliphatic heterocycles. The quantitative estimate of drug-likeness (QED) is 0.246. The molecule has 26 heavy (non-hydrogen) atoms. The summed E-state index contributed by atoms with van der Waals surface area (Å²) in [5.41, 5.74) is 5.27. The molecule has 0 fully saturated rings. The molecule has 0 heterocycles. The number of hydrogen-bond donors (Lipinski definition) is 3. The van der Waals surface area contributed by atoms with Gasteiger partial charge in [0.1, 0.15) is 17.3 Å². The van der Waals surface area contributed by atoms with Crippen molar-refractivity contribution in [2.75, 3.05) is 11.1 Å². The van der Waals surface area contributed by atoms with Gasteiger partial charge in [0.2, 0.25) is 0 Å². The molecule has 2 rings (SSSR count). The lowest BCUT2D eigenvalue weighted by Gasteiger charge is -2.06. The first-order valence-electron chi connectivity index (χ1n) is 7.24. The van der Waals surface area contributed by atoms with Crippen LogP contribution in [0.1, 0.15) is 10.4 Å². The molecule has 9 nitrogen and oxygen atoms in total. The van der Waals surface area contributed by atoms with Crippen molar-refractivity contribution in [3.8, 4) is 6.07 Å². The standard InChI is InChI=1S/C17H13N5O4/c18-9-11(10-20-17(24)12-5-1-2-6-13(12)19)16(23)21-14-7-3-4-8-15(14)22(25)26/h1-8,10H,19H2,(H,20,24)(H,21,23)/b11-10-. The van der Waals surface area contributed by atoms with Gasteiger partial charge in [0.15, 0.2) is 0 Å². The van der Waals surface area contributed by atoms with Gasteiger partial charge in [0, 0.05) is 18.0 Å². The van der Waals surface area contributed by atoms with Crippen LogP contribution in [-0.4, -0.2) is 16.7 Å². The SMILES string of the molecule is N#C/C(=C/NC(=O)c1ccccc1N)C(=O)Nc1ccccc1[N+](=O)[O-]. The third kappa shape index (κ3) is 4.21. The summed E-state index contributed by atoms with van der Waals surface area (Å²) in [4.78, 5) is 34.5. The topological polar surface area (TPSA) is 151 Å². The van der Waals surface area contributed by atoms with Crippen molar-refractivity contribution < 1.29 is 14.5 Å². The monoisotopic (exact) mass is 351 g/mol. The maximum atomic E-state index is 12.1. The van der Waals surface area contributed by atoms with E-state index in [2.05, 4.69) is 10.6 Å². The number of nitrogen functional groups attached to an aromatic ring is 1. The number of carbonyl (C=O) groups is 2. The van der Waals surface area contributed by atoms with Crippen molar-refractivity contribution in [1.29, 1.82) is 5.26 Å². The van der Waals surface area contributed by atoms with E-state index in [0.29, 0.717) is 0 Å². The van der Waals surface area contributed by atoms with E-state index in [1.165, 1.54) is 36.4 Å². The minimum Gasteiger partial charge on any atom is -0.398 e. The average Bonchev–Trinajstić information content (AvgIpc) is 2.62. The highest BCUT2D eigenvalue weighted by atomic mass is 16.6. The number of para-hydroxylation sites is 3. The Morgan fingerprint density at radius 3 is 2.46 bits per heavy atom. The smallest absolute Gasteiger partial charge is 0.292 e. The van der Waals surface area contributed by atoms with Crippen LogP contribution < -0.4 is 16.4 Å². The molecule has 0 aliphatic rings. The molecule has 0 radical (unpaired) electrons. The first-order chi connectivity index (χ1) is 12.4. The fourth-order valence-corrected chi connectivity index (χ4v) is 2.00. The van der Waals surface area contributed by atoms with E-state index in [0.717, 1.165) is 6.20 Å². The Morgan fingerprint density at radius 1 is 1.15 bits per heavy atom. The number of anilines is 2. The predicted octanol–water partition coefficient (Wildman–Crippen LogP) is 1.95. The summed E-state index contributed by atoms with van der Waals surface area (Å²) in [6.45, 7) is 0. The van der Waals surface area contributed by atoms with Crippen LogP contribution in [0.2, 0.25) is 0 Å². The molecule has 130 valence electrons. The highest BCUT2D eigenvalue weighted by Crippen LogP contribution is 2.23. The first kappa shape index (κ1) is 18.2. The number of carbonyl (C=O) groups excluding carboxylic acids is 2. The molecule has 0 atom stereocenters. The van der Waals surface area contributed by atoms with Crippen molar-refractivity contribution >= 4 is 28.9 Å². The molecule has 0 saturated heterocycles.